The monoisotopic (exact) mass is 390 g/mol. The van der Waals surface area contributed by atoms with E-state index in [1.807, 2.05) is 42.5 Å². The molecule has 0 aliphatic rings. The van der Waals surface area contributed by atoms with Gasteiger partial charge in [0, 0.05) is 38.0 Å². The standard InChI is InChI=1S/C23H26N4O2/c1-24-23(26-16-20-7-3-4-8-21(20)29-2)25-15-18-10-12-19(13-11-18)17-27-14-6-5-9-22(27)28/h3-14H,15-17H2,1-2H3,(H2,24,25,26). The number of guanidine groups is 1. The summed E-state index contributed by atoms with van der Waals surface area (Å²) < 4.78 is 7.07. The number of hydrogen-bond acceptors (Lipinski definition) is 3. The molecular weight excluding hydrogens is 364 g/mol. The molecule has 2 N–H and O–H groups in total. The van der Waals surface area contributed by atoms with E-state index >= 15 is 0 Å². The Kier molecular flexibility index (Phi) is 7.05. The number of aliphatic imine (C=N–C) groups is 1. The molecule has 1 aromatic heterocycles. The summed E-state index contributed by atoms with van der Waals surface area (Å²) in [5.74, 6) is 1.57. The molecule has 29 heavy (non-hydrogen) atoms. The molecule has 0 radical (unpaired) electrons. The molecule has 0 aliphatic carbocycles. The molecule has 0 aliphatic heterocycles. The number of aromatic nitrogens is 1. The van der Waals surface area contributed by atoms with Crippen LogP contribution in [0.25, 0.3) is 0 Å². The second-order valence-corrected chi connectivity index (χ2v) is 6.57. The Morgan fingerprint density at radius 2 is 1.62 bits per heavy atom. The Bertz CT molecular complexity index is 1010. The summed E-state index contributed by atoms with van der Waals surface area (Å²) in [7, 11) is 3.42. The minimum Gasteiger partial charge on any atom is -0.496 e. The van der Waals surface area contributed by atoms with Crippen LogP contribution in [-0.4, -0.2) is 24.7 Å². The van der Waals surface area contributed by atoms with Gasteiger partial charge in [-0.2, -0.15) is 0 Å². The molecule has 0 atom stereocenters. The molecular formula is C23H26N4O2. The fourth-order valence-electron chi connectivity index (χ4n) is 2.98. The summed E-state index contributed by atoms with van der Waals surface area (Å²) in [6.45, 7) is 1.83. The first kappa shape index (κ1) is 20.2. The van der Waals surface area contributed by atoms with Gasteiger partial charge in [0.25, 0.3) is 5.56 Å². The summed E-state index contributed by atoms with van der Waals surface area (Å²) >= 11 is 0. The van der Waals surface area contributed by atoms with Gasteiger partial charge in [-0.3, -0.25) is 9.79 Å². The van der Waals surface area contributed by atoms with Crippen LogP contribution >= 0.6 is 0 Å². The van der Waals surface area contributed by atoms with Crippen molar-refractivity contribution >= 4 is 5.96 Å². The van der Waals surface area contributed by atoms with Crippen molar-refractivity contribution in [3.63, 3.8) is 0 Å². The Morgan fingerprint density at radius 1 is 0.931 bits per heavy atom. The van der Waals surface area contributed by atoms with E-state index in [1.165, 1.54) is 0 Å². The molecule has 3 aromatic rings. The zero-order valence-corrected chi connectivity index (χ0v) is 16.8. The van der Waals surface area contributed by atoms with Gasteiger partial charge in [0.1, 0.15) is 5.75 Å². The van der Waals surface area contributed by atoms with Gasteiger partial charge in [-0.1, -0.05) is 48.5 Å². The van der Waals surface area contributed by atoms with Crippen LogP contribution in [0.3, 0.4) is 0 Å². The first-order chi connectivity index (χ1) is 14.2. The lowest BCUT2D eigenvalue weighted by Crippen LogP contribution is -2.36. The topological polar surface area (TPSA) is 67.7 Å². The maximum Gasteiger partial charge on any atom is 0.250 e. The lowest BCUT2D eigenvalue weighted by Gasteiger charge is -2.14. The summed E-state index contributed by atoms with van der Waals surface area (Å²) in [5, 5.41) is 6.62. The minimum absolute atomic E-state index is 0.00293. The molecule has 3 rings (SSSR count). The van der Waals surface area contributed by atoms with Crippen LogP contribution < -0.4 is 20.9 Å². The van der Waals surface area contributed by atoms with Crippen LogP contribution in [0.5, 0.6) is 5.75 Å². The number of benzene rings is 2. The van der Waals surface area contributed by atoms with Gasteiger partial charge in [-0.15, -0.1) is 0 Å². The van der Waals surface area contributed by atoms with Gasteiger partial charge >= 0.3 is 0 Å². The van der Waals surface area contributed by atoms with Crippen molar-refractivity contribution in [3.05, 3.63) is 100.0 Å². The minimum atomic E-state index is 0.00293. The van der Waals surface area contributed by atoms with Gasteiger partial charge in [-0.25, -0.2) is 0 Å². The second kappa shape index (κ2) is 10.1. The third-order valence-corrected chi connectivity index (χ3v) is 4.60. The summed E-state index contributed by atoms with van der Waals surface area (Å²) in [4.78, 5) is 16.1. The van der Waals surface area contributed by atoms with Crippen molar-refractivity contribution in [1.82, 2.24) is 15.2 Å². The number of methoxy groups -OCH3 is 1. The van der Waals surface area contributed by atoms with Crippen LogP contribution in [-0.2, 0) is 19.6 Å². The lowest BCUT2D eigenvalue weighted by molar-refractivity contribution is 0.409. The Hall–Kier alpha value is -3.54. The number of para-hydroxylation sites is 1. The average molecular weight is 390 g/mol. The van der Waals surface area contributed by atoms with Crippen molar-refractivity contribution in [1.29, 1.82) is 0 Å². The fourth-order valence-corrected chi connectivity index (χ4v) is 2.98. The van der Waals surface area contributed by atoms with Crippen LogP contribution in [0.15, 0.2) is 82.7 Å². The Balaban J connectivity index is 1.53. The van der Waals surface area contributed by atoms with Gasteiger partial charge in [0.15, 0.2) is 5.96 Å². The molecule has 0 bridgehead atoms. The number of ether oxygens (including phenoxy) is 1. The van der Waals surface area contributed by atoms with Crippen molar-refractivity contribution < 1.29 is 4.74 Å². The normalized spacial score (nSPS) is 11.2. The summed E-state index contributed by atoms with van der Waals surface area (Å²) in [6, 6.07) is 21.3. The quantitative estimate of drug-likeness (QED) is 0.481. The number of pyridine rings is 1. The smallest absolute Gasteiger partial charge is 0.250 e. The SMILES string of the molecule is CN=C(NCc1ccc(Cn2ccccc2=O)cc1)NCc1ccccc1OC. The molecule has 0 fully saturated rings. The number of nitrogens with one attached hydrogen (secondary N) is 2. The highest BCUT2D eigenvalue weighted by molar-refractivity contribution is 5.79. The van der Waals surface area contributed by atoms with E-state index in [0.29, 0.717) is 19.6 Å². The molecule has 0 saturated carbocycles. The fraction of sp³-hybridized carbons (Fsp3) is 0.217. The maximum atomic E-state index is 11.8. The van der Waals surface area contributed by atoms with E-state index in [9.17, 15) is 4.79 Å². The molecule has 6 nitrogen and oxygen atoms in total. The summed E-state index contributed by atoms with van der Waals surface area (Å²) in [5.41, 5.74) is 3.29. The van der Waals surface area contributed by atoms with Crippen LogP contribution in [0, 0.1) is 0 Å². The highest BCUT2D eigenvalue weighted by Gasteiger charge is 2.04. The zero-order valence-electron chi connectivity index (χ0n) is 16.8. The van der Waals surface area contributed by atoms with Crippen LogP contribution in [0.1, 0.15) is 16.7 Å². The molecule has 0 amide bonds. The summed E-state index contributed by atoms with van der Waals surface area (Å²) in [6.07, 6.45) is 1.80. The maximum absolute atomic E-state index is 11.8. The highest BCUT2D eigenvalue weighted by Crippen LogP contribution is 2.16. The van der Waals surface area contributed by atoms with E-state index in [-0.39, 0.29) is 5.56 Å². The van der Waals surface area contributed by atoms with Crippen molar-refractivity contribution in [2.45, 2.75) is 19.6 Å². The number of nitrogens with zero attached hydrogens (tertiary/aromatic N) is 2. The Morgan fingerprint density at radius 3 is 2.34 bits per heavy atom. The first-order valence-corrected chi connectivity index (χ1v) is 9.49. The molecule has 150 valence electrons. The largest absolute Gasteiger partial charge is 0.496 e. The third kappa shape index (κ3) is 5.72. The van der Waals surface area contributed by atoms with Gasteiger partial charge in [0.2, 0.25) is 0 Å². The molecule has 6 heteroatoms. The second-order valence-electron chi connectivity index (χ2n) is 6.57. The van der Waals surface area contributed by atoms with E-state index in [0.717, 1.165) is 28.4 Å². The van der Waals surface area contributed by atoms with E-state index in [2.05, 4.69) is 27.8 Å². The average Bonchev–Trinajstić information content (AvgIpc) is 2.76. The first-order valence-electron chi connectivity index (χ1n) is 9.49. The van der Waals surface area contributed by atoms with Crippen molar-refractivity contribution in [2.75, 3.05) is 14.2 Å². The number of hydrogen-bond donors (Lipinski definition) is 2. The van der Waals surface area contributed by atoms with Gasteiger partial charge in [-0.05, 0) is 23.3 Å². The molecule has 0 saturated heterocycles. The zero-order chi connectivity index (χ0) is 20.5. The molecule has 2 aromatic carbocycles. The molecule has 1 heterocycles. The lowest BCUT2D eigenvalue weighted by atomic mass is 10.1. The Labute approximate surface area is 170 Å². The van der Waals surface area contributed by atoms with Crippen LogP contribution in [0.2, 0.25) is 0 Å². The third-order valence-electron chi connectivity index (χ3n) is 4.60. The molecule has 0 spiro atoms. The van der Waals surface area contributed by atoms with Crippen molar-refractivity contribution in [3.8, 4) is 5.75 Å². The predicted octanol–water partition coefficient (Wildman–Crippen LogP) is 2.77. The van der Waals surface area contributed by atoms with Gasteiger partial charge in [0.05, 0.1) is 13.7 Å². The van der Waals surface area contributed by atoms with E-state index in [1.54, 1.807) is 37.1 Å². The van der Waals surface area contributed by atoms with E-state index in [4.69, 9.17) is 4.74 Å². The number of rotatable bonds is 7. The predicted molar refractivity (Wildman–Crippen MR) is 116 cm³/mol. The van der Waals surface area contributed by atoms with Crippen LogP contribution in [0.4, 0.5) is 0 Å². The molecule has 0 unspecified atom stereocenters. The van der Waals surface area contributed by atoms with Crippen molar-refractivity contribution in [2.24, 2.45) is 4.99 Å². The van der Waals surface area contributed by atoms with E-state index < -0.39 is 0 Å². The highest BCUT2D eigenvalue weighted by atomic mass is 16.5. The van der Waals surface area contributed by atoms with Gasteiger partial charge < -0.3 is 19.9 Å².